The van der Waals surface area contributed by atoms with Crippen LogP contribution in [-0.2, 0) is 7.05 Å². The number of rotatable bonds is 5. The second kappa shape index (κ2) is 5.94. The summed E-state index contributed by atoms with van der Waals surface area (Å²) in [4.78, 5) is 4.53. The van der Waals surface area contributed by atoms with Crippen molar-refractivity contribution in [1.82, 2.24) is 20.0 Å². The largest absolute Gasteiger partial charge is 0.486 e. The maximum absolute atomic E-state index is 6.62. The summed E-state index contributed by atoms with van der Waals surface area (Å²) in [6.45, 7) is 0.647. The highest BCUT2D eigenvalue weighted by atomic mass is 35.5. The van der Waals surface area contributed by atoms with Crippen molar-refractivity contribution in [2.24, 2.45) is 13.0 Å². The fraction of sp³-hybridized carbons (Fsp3) is 0.353. The molecule has 0 radical (unpaired) electrons. The van der Waals surface area contributed by atoms with E-state index < -0.39 is 0 Å². The summed E-state index contributed by atoms with van der Waals surface area (Å²) in [5, 5.41) is 9.23. The molecule has 0 unspecified atom stereocenters. The fourth-order valence-electron chi connectivity index (χ4n) is 2.65. The third-order valence-electron chi connectivity index (χ3n) is 4.21. The number of pyridine rings is 1. The molecule has 0 aliphatic heterocycles. The van der Waals surface area contributed by atoms with Gasteiger partial charge < -0.3 is 9.47 Å². The number of fused-ring (bicyclic) bond motifs is 1. The number of hydrogen-bond donors (Lipinski definition) is 0. The van der Waals surface area contributed by atoms with Crippen molar-refractivity contribution in [3.63, 3.8) is 0 Å². The molecule has 1 fully saturated rings. The topological polar surface area (TPSA) is 62.1 Å². The minimum absolute atomic E-state index is 0.420. The Bertz CT molecular complexity index is 905. The van der Waals surface area contributed by atoms with Crippen LogP contribution in [0, 0.1) is 5.92 Å². The van der Waals surface area contributed by atoms with E-state index >= 15 is 0 Å². The molecule has 0 atom stereocenters. The predicted octanol–water partition coefficient (Wildman–Crippen LogP) is 3.48. The van der Waals surface area contributed by atoms with Crippen molar-refractivity contribution >= 4 is 22.5 Å². The van der Waals surface area contributed by atoms with Crippen molar-refractivity contribution in [2.75, 3.05) is 13.7 Å². The first-order chi connectivity index (χ1) is 11.7. The molecular formula is C17H17ClN4O2. The third kappa shape index (κ3) is 2.67. The highest BCUT2D eigenvalue weighted by Crippen LogP contribution is 2.41. The number of halogens is 1. The standard InChI is InChI=1S/C17H17ClN4O2/c1-22-14(8-19-21-22)11-5-6-13-12(7-11)15(18)16(17(20-13)23-2)24-9-10-3-4-10/h5-8,10H,3-4,9H2,1-2H3. The monoisotopic (exact) mass is 344 g/mol. The molecule has 0 bridgehead atoms. The zero-order chi connectivity index (χ0) is 16.7. The van der Waals surface area contributed by atoms with Crippen LogP contribution in [0.2, 0.25) is 5.02 Å². The average Bonchev–Trinajstić information content (AvgIpc) is 3.33. The van der Waals surface area contributed by atoms with Crippen LogP contribution in [0.4, 0.5) is 0 Å². The molecule has 124 valence electrons. The van der Waals surface area contributed by atoms with Gasteiger partial charge in [0.2, 0.25) is 5.75 Å². The van der Waals surface area contributed by atoms with E-state index in [1.54, 1.807) is 18.0 Å². The highest BCUT2D eigenvalue weighted by Gasteiger charge is 2.24. The fourth-order valence-corrected chi connectivity index (χ4v) is 2.93. The Labute approximate surface area is 144 Å². The minimum Gasteiger partial charge on any atom is -0.486 e. The van der Waals surface area contributed by atoms with Crippen molar-refractivity contribution in [3.05, 3.63) is 29.4 Å². The van der Waals surface area contributed by atoms with E-state index in [2.05, 4.69) is 15.3 Å². The molecule has 0 saturated heterocycles. The van der Waals surface area contributed by atoms with Gasteiger partial charge in [0, 0.05) is 18.0 Å². The van der Waals surface area contributed by atoms with Crippen LogP contribution in [-0.4, -0.2) is 33.7 Å². The Kier molecular flexibility index (Phi) is 3.76. The first kappa shape index (κ1) is 15.2. The molecule has 6 nitrogen and oxygen atoms in total. The van der Waals surface area contributed by atoms with Crippen molar-refractivity contribution in [2.45, 2.75) is 12.8 Å². The SMILES string of the molecule is COc1nc2ccc(-c3cnnn3C)cc2c(Cl)c1OCC1CC1. The summed E-state index contributed by atoms with van der Waals surface area (Å²) in [5.41, 5.74) is 2.63. The number of aromatic nitrogens is 4. The molecule has 3 aromatic rings. The molecule has 1 aliphatic carbocycles. The smallest absolute Gasteiger partial charge is 0.258 e. The molecule has 24 heavy (non-hydrogen) atoms. The van der Waals surface area contributed by atoms with E-state index in [1.807, 2.05) is 25.2 Å². The van der Waals surface area contributed by atoms with Crippen LogP contribution in [0.15, 0.2) is 24.4 Å². The van der Waals surface area contributed by atoms with Gasteiger partial charge >= 0.3 is 0 Å². The number of nitrogens with zero attached hydrogens (tertiary/aromatic N) is 4. The molecule has 0 spiro atoms. The molecular weight excluding hydrogens is 328 g/mol. The van der Waals surface area contributed by atoms with Crippen LogP contribution in [0.3, 0.4) is 0 Å². The van der Waals surface area contributed by atoms with Gasteiger partial charge in [0.25, 0.3) is 5.88 Å². The molecule has 7 heteroatoms. The summed E-state index contributed by atoms with van der Waals surface area (Å²) in [5.74, 6) is 1.55. The molecule has 0 N–H and O–H groups in total. The third-order valence-corrected chi connectivity index (χ3v) is 4.59. The lowest BCUT2D eigenvalue weighted by Crippen LogP contribution is -2.03. The number of hydrogen-bond acceptors (Lipinski definition) is 5. The average molecular weight is 345 g/mol. The van der Waals surface area contributed by atoms with E-state index in [0.29, 0.717) is 29.2 Å². The lowest BCUT2D eigenvalue weighted by atomic mass is 10.1. The summed E-state index contributed by atoms with van der Waals surface area (Å²) in [6.07, 6.45) is 4.13. The molecule has 1 saturated carbocycles. The van der Waals surface area contributed by atoms with E-state index in [1.165, 1.54) is 12.8 Å². The molecule has 1 aromatic carbocycles. The first-order valence-electron chi connectivity index (χ1n) is 7.82. The Morgan fingerprint density at radius 2 is 2.17 bits per heavy atom. The van der Waals surface area contributed by atoms with Gasteiger partial charge in [-0.3, -0.25) is 0 Å². The molecule has 0 amide bonds. The summed E-state index contributed by atoms with van der Waals surface area (Å²) >= 11 is 6.62. The highest BCUT2D eigenvalue weighted by molar-refractivity contribution is 6.37. The van der Waals surface area contributed by atoms with Gasteiger partial charge in [-0.1, -0.05) is 22.9 Å². The van der Waals surface area contributed by atoms with Crippen LogP contribution in [0.25, 0.3) is 22.2 Å². The van der Waals surface area contributed by atoms with Gasteiger partial charge in [0.1, 0.15) is 0 Å². The Hall–Kier alpha value is -2.34. The van der Waals surface area contributed by atoms with Crippen LogP contribution < -0.4 is 9.47 Å². The molecule has 4 rings (SSSR count). The number of ether oxygens (including phenoxy) is 2. The Morgan fingerprint density at radius 3 is 2.83 bits per heavy atom. The molecule has 2 heterocycles. The minimum atomic E-state index is 0.420. The first-order valence-corrected chi connectivity index (χ1v) is 8.20. The van der Waals surface area contributed by atoms with E-state index in [9.17, 15) is 0 Å². The normalized spacial score (nSPS) is 14.1. The Morgan fingerprint density at radius 1 is 1.33 bits per heavy atom. The van der Waals surface area contributed by atoms with E-state index in [0.717, 1.165) is 22.2 Å². The van der Waals surface area contributed by atoms with Gasteiger partial charge in [-0.05, 0) is 30.9 Å². The second-order valence-corrected chi connectivity index (χ2v) is 6.37. The summed E-state index contributed by atoms with van der Waals surface area (Å²) < 4.78 is 13.0. The predicted molar refractivity (Wildman–Crippen MR) is 91.5 cm³/mol. The number of methoxy groups -OCH3 is 1. The van der Waals surface area contributed by atoms with Gasteiger partial charge in [-0.2, -0.15) is 0 Å². The maximum atomic E-state index is 6.62. The second-order valence-electron chi connectivity index (χ2n) is 5.99. The molecule has 1 aliphatic rings. The van der Waals surface area contributed by atoms with Crippen molar-refractivity contribution in [3.8, 4) is 22.9 Å². The number of benzene rings is 1. The van der Waals surface area contributed by atoms with Gasteiger partial charge in [0.05, 0.1) is 36.1 Å². The maximum Gasteiger partial charge on any atom is 0.258 e. The lowest BCUT2D eigenvalue weighted by Gasteiger charge is -2.14. The van der Waals surface area contributed by atoms with Crippen LogP contribution >= 0.6 is 11.6 Å². The lowest BCUT2D eigenvalue weighted by molar-refractivity contribution is 0.277. The van der Waals surface area contributed by atoms with E-state index in [4.69, 9.17) is 21.1 Å². The summed E-state index contributed by atoms with van der Waals surface area (Å²) in [6, 6.07) is 5.86. The van der Waals surface area contributed by atoms with Gasteiger partial charge in [-0.15, -0.1) is 5.10 Å². The quantitative estimate of drug-likeness (QED) is 0.709. The molecule has 2 aromatic heterocycles. The zero-order valence-corrected chi connectivity index (χ0v) is 14.2. The summed E-state index contributed by atoms with van der Waals surface area (Å²) in [7, 11) is 3.43. The van der Waals surface area contributed by atoms with E-state index in [-0.39, 0.29) is 0 Å². The van der Waals surface area contributed by atoms with Crippen molar-refractivity contribution in [1.29, 1.82) is 0 Å². The van der Waals surface area contributed by atoms with Crippen LogP contribution in [0.5, 0.6) is 11.6 Å². The zero-order valence-electron chi connectivity index (χ0n) is 13.5. The van der Waals surface area contributed by atoms with Crippen LogP contribution in [0.1, 0.15) is 12.8 Å². The van der Waals surface area contributed by atoms with Crippen molar-refractivity contribution < 1.29 is 9.47 Å². The number of aryl methyl sites for hydroxylation is 1. The van der Waals surface area contributed by atoms with Gasteiger partial charge in [-0.25, -0.2) is 9.67 Å². The van der Waals surface area contributed by atoms with Gasteiger partial charge in [0.15, 0.2) is 0 Å². The Balaban J connectivity index is 1.82.